The lowest BCUT2D eigenvalue weighted by molar-refractivity contribution is -0.0697. The van der Waals surface area contributed by atoms with Gasteiger partial charge in [0.15, 0.2) is 0 Å². The highest BCUT2D eigenvalue weighted by atomic mass is 32.2. The SMILES string of the molecule is CCSCCCC#CC(F)(F)F. The van der Waals surface area contributed by atoms with Crippen LogP contribution in [0.4, 0.5) is 13.2 Å². The number of alkyl halides is 3. The van der Waals surface area contributed by atoms with E-state index < -0.39 is 6.18 Å². The van der Waals surface area contributed by atoms with Crippen molar-refractivity contribution in [1.82, 2.24) is 0 Å². The van der Waals surface area contributed by atoms with E-state index in [-0.39, 0.29) is 0 Å². The lowest BCUT2D eigenvalue weighted by atomic mass is 10.3. The van der Waals surface area contributed by atoms with Gasteiger partial charge in [0.2, 0.25) is 0 Å². The van der Waals surface area contributed by atoms with Gasteiger partial charge in [0.1, 0.15) is 0 Å². The van der Waals surface area contributed by atoms with Crippen LogP contribution in [-0.4, -0.2) is 17.7 Å². The van der Waals surface area contributed by atoms with Crippen LogP contribution in [0.15, 0.2) is 0 Å². The third-order valence-corrected chi connectivity index (χ3v) is 2.01. The van der Waals surface area contributed by atoms with Crippen molar-refractivity contribution in [3.8, 4) is 11.8 Å². The van der Waals surface area contributed by atoms with Crippen LogP contribution >= 0.6 is 11.8 Å². The number of rotatable bonds is 4. The molecule has 4 heteroatoms. The molecule has 0 unspecified atom stereocenters. The Balaban J connectivity index is 3.34. The highest BCUT2D eigenvalue weighted by Gasteiger charge is 2.22. The largest absolute Gasteiger partial charge is 0.457 e. The summed E-state index contributed by atoms with van der Waals surface area (Å²) >= 11 is 1.72. The highest BCUT2D eigenvalue weighted by molar-refractivity contribution is 7.99. The van der Waals surface area contributed by atoms with Crippen molar-refractivity contribution in [1.29, 1.82) is 0 Å². The Labute approximate surface area is 74.9 Å². The van der Waals surface area contributed by atoms with Gasteiger partial charge in [0, 0.05) is 12.3 Å². The summed E-state index contributed by atoms with van der Waals surface area (Å²) in [6, 6.07) is 0. The van der Waals surface area contributed by atoms with Gasteiger partial charge in [0.25, 0.3) is 0 Å². The van der Waals surface area contributed by atoms with E-state index in [1.165, 1.54) is 5.92 Å². The van der Waals surface area contributed by atoms with Gasteiger partial charge >= 0.3 is 6.18 Å². The van der Waals surface area contributed by atoms with Gasteiger partial charge in [0.05, 0.1) is 0 Å². The van der Waals surface area contributed by atoms with E-state index in [1.54, 1.807) is 11.8 Å². The van der Waals surface area contributed by atoms with Crippen LogP contribution in [-0.2, 0) is 0 Å². The van der Waals surface area contributed by atoms with Gasteiger partial charge in [-0.2, -0.15) is 24.9 Å². The maximum atomic E-state index is 11.5. The maximum Gasteiger partial charge on any atom is 0.457 e. The predicted octanol–water partition coefficient (Wildman–Crippen LogP) is 3.09. The number of thioether (sulfide) groups is 1. The summed E-state index contributed by atoms with van der Waals surface area (Å²) < 4.78 is 34.4. The molecule has 0 radical (unpaired) electrons. The van der Waals surface area contributed by atoms with Gasteiger partial charge in [-0.25, -0.2) is 0 Å². The summed E-state index contributed by atoms with van der Waals surface area (Å²) in [4.78, 5) is 0. The van der Waals surface area contributed by atoms with Crippen LogP contribution in [0, 0.1) is 11.8 Å². The molecule has 0 aromatic heterocycles. The lowest BCUT2D eigenvalue weighted by Crippen LogP contribution is -2.01. The molecule has 0 aromatic rings. The quantitative estimate of drug-likeness (QED) is 0.492. The van der Waals surface area contributed by atoms with E-state index in [9.17, 15) is 13.2 Å². The summed E-state index contributed by atoms with van der Waals surface area (Å²) in [5.74, 6) is 5.23. The van der Waals surface area contributed by atoms with Crippen molar-refractivity contribution in [3.63, 3.8) is 0 Å². The third kappa shape index (κ3) is 9.70. The number of halogens is 3. The van der Waals surface area contributed by atoms with Gasteiger partial charge in [-0.1, -0.05) is 12.8 Å². The Bertz CT molecular complexity index is 163. The average molecular weight is 196 g/mol. The Hall–Kier alpha value is -0.300. The van der Waals surface area contributed by atoms with Gasteiger partial charge in [-0.3, -0.25) is 0 Å². The number of hydrogen-bond acceptors (Lipinski definition) is 1. The second kappa shape index (κ2) is 6.24. The Morgan fingerprint density at radius 2 is 2.00 bits per heavy atom. The summed E-state index contributed by atoms with van der Waals surface area (Å²) in [6.45, 7) is 2.02. The Morgan fingerprint density at radius 3 is 2.50 bits per heavy atom. The summed E-state index contributed by atoms with van der Waals surface area (Å²) in [5, 5.41) is 0. The first-order chi connectivity index (χ1) is 5.56. The monoisotopic (exact) mass is 196 g/mol. The minimum Gasteiger partial charge on any atom is -0.162 e. The standard InChI is InChI=1S/C8H11F3S/c1-2-12-7-5-3-4-6-8(9,10)11/h2-3,5,7H2,1H3. The third-order valence-electron chi connectivity index (χ3n) is 1.02. The van der Waals surface area contributed by atoms with Crippen LogP contribution in [0.1, 0.15) is 19.8 Å². The lowest BCUT2D eigenvalue weighted by Gasteiger charge is -1.94. The van der Waals surface area contributed by atoms with Crippen LogP contribution in [0.3, 0.4) is 0 Å². The fourth-order valence-corrected chi connectivity index (χ4v) is 1.21. The van der Waals surface area contributed by atoms with E-state index in [0.29, 0.717) is 6.42 Å². The summed E-state index contributed by atoms with van der Waals surface area (Å²) in [7, 11) is 0. The highest BCUT2D eigenvalue weighted by Crippen LogP contribution is 2.12. The maximum absolute atomic E-state index is 11.5. The average Bonchev–Trinajstić information content (AvgIpc) is 1.94. The van der Waals surface area contributed by atoms with Crippen LogP contribution in [0.5, 0.6) is 0 Å². The molecule has 0 amide bonds. The van der Waals surface area contributed by atoms with Crippen molar-refractivity contribution >= 4 is 11.8 Å². The van der Waals surface area contributed by atoms with Crippen LogP contribution < -0.4 is 0 Å². The van der Waals surface area contributed by atoms with Gasteiger partial charge < -0.3 is 0 Å². The second-order valence-corrected chi connectivity index (χ2v) is 3.49. The molecule has 0 aliphatic carbocycles. The molecular formula is C8H11F3S. The van der Waals surface area contributed by atoms with Crippen LogP contribution in [0.2, 0.25) is 0 Å². The zero-order valence-corrected chi connectivity index (χ0v) is 7.69. The molecule has 12 heavy (non-hydrogen) atoms. The molecule has 0 N–H and O–H groups in total. The molecule has 0 spiro atoms. The van der Waals surface area contributed by atoms with Crippen molar-refractivity contribution in [3.05, 3.63) is 0 Å². The summed E-state index contributed by atoms with van der Waals surface area (Å²) in [6.07, 6.45) is -3.24. The molecule has 0 atom stereocenters. The summed E-state index contributed by atoms with van der Waals surface area (Å²) in [5.41, 5.74) is 0. The van der Waals surface area contributed by atoms with E-state index in [4.69, 9.17) is 0 Å². The van der Waals surface area contributed by atoms with E-state index in [1.807, 2.05) is 6.92 Å². The predicted molar refractivity (Wildman–Crippen MR) is 46.1 cm³/mol. The first-order valence-electron chi connectivity index (χ1n) is 3.70. The second-order valence-electron chi connectivity index (χ2n) is 2.10. The Kier molecular flexibility index (Phi) is 6.09. The minimum atomic E-state index is -4.32. The molecule has 0 nitrogen and oxygen atoms in total. The van der Waals surface area contributed by atoms with E-state index >= 15 is 0 Å². The fourth-order valence-electron chi connectivity index (χ4n) is 0.570. The molecule has 0 aliphatic heterocycles. The zero-order valence-electron chi connectivity index (χ0n) is 6.87. The van der Waals surface area contributed by atoms with E-state index in [0.717, 1.165) is 17.9 Å². The molecule has 0 aliphatic rings. The molecule has 0 saturated heterocycles. The zero-order chi connectivity index (χ0) is 9.45. The molecular weight excluding hydrogens is 185 g/mol. The first-order valence-corrected chi connectivity index (χ1v) is 4.86. The minimum absolute atomic E-state index is 0.340. The fraction of sp³-hybridized carbons (Fsp3) is 0.750. The van der Waals surface area contributed by atoms with E-state index in [2.05, 4.69) is 5.92 Å². The number of unbranched alkanes of at least 4 members (excludes halogenated alkanes) is 1. The molecule has 0 saturated carbocycles. The Morgan fingerprint density at radius 1 is 1.33 bits per heavy atom. The normalized spacial score (nSPS) is 10.7. The molecule has 0 rings (SSSR count). The first kappa shape index (κ1) is 11.7. The molecule has 0 fully saturated rings. The van der Waals surface area contributed by atoms with Crippen LogP contribution in [0.25, 0.3) is 0 Å². The number of hydrogen-bond donors (Lipinski definition) is 0. The molecule has 70 valence electrons. The van der Waals surface area contributed by atoms with Crippen molar-refractivity contribution in [2.45, 2.75) is 25.9 Å². The van der Waals surface area contributed by atoms with Gasteiger partial charge in [-0.05, 0) is 17.9 Å². The van der Waals surface area contributed by atoms with Crippen molar-refractivity contribution in [2.75, 3.05) is 11.5 Å². The van der Waals surface area contributed by atoms with Gasteiger partial charge in [-0.15, -0.1) is 0 Å². The molecule has 0 aromatic carbocycles. The molecule has 0 heterocycles. The smallest absolute Gasteiger partial charge is 0.162 e. The molecule has 0 bridgehead atoms. The van der Waals surface area contributed by atoms with Crippen molar-refractivity contribution < 1.29 is 13.2 Å². The van der Waals surface area contributed by atoms with Crippen molar-refractivity contribution in [2.24, 2.45) is 0 Å². The topological polar surface area (TPSA) is 0 Å².